The zero-order chi connectivity index (χ0) is 7.40. The van der Waals surface area contributed by atoms with Crippen LogP contribution in [0.2, 0.25) is 0 Å². The summed E-state index contributed by atoms with van der Waals surface area (Å²) in [5.74, 6) is -0.0836. The molecule has 0 saturated carbocycles. The lowest BCUT2D eigenvalue weighted by Crippen LogP contribution is -2.33. The van der Waals surface area contributed by atoms with Gasteiger partial charge in [-0.3, -0.25) is 4.79 Å². The number of rotatable bonds is 2. The van der Waals surface area contributed by atoms with Crippen molar-refractivity contribution in [2.24, 2.45) is 5.73 Å². The van der Waals surface area contributed by atoms with Crippen LogP contribution in [-0.2, 0) is 14.6 Å². The monoisotopic (exact) mass is 145 g/mol. The zero-order valence-corrected chi connectivity index (χ0v) is 5.71. The predicted molar refractivity (Wildman–Crippen MR) is 34.1 cm³/mol. The normalized spacial score (nSPS) is 26.3. The molecule has 0 amide bonds. The molecule has 58 valence electrons. The Bertz CT molecular complexity index is 120. The maximum atomic E-state index is 10.8. The SMILES string of the molecule is NCC(=O)C1CCCOO1. The van der Waals surface area contributed by atoms with E-state index in [4.69, 9.17) is 10.6 Å². The lowest BCUT2D eigenvalue weighted by molar-refractivity contribution is -0.335. The summed E-state index contributed by atoms with van der Waals surface area (Å²) in [5, 5.41) is 0. The summed E-state index contributed by atoms with van der Waals surface area (Å²) in [7, 11) is 0. The van der Waals surface area contributed by atoms with Gasteiger partial charge >= 0.3 is 0 Å². The Hall–Kier alpha value is -0.450. The molecule has 0 bridgehead atoms. The van der Waals surface area contributed by atoms with Crippen molar-refractivity contribution in [1.82, 2.24) is 0 Å². The molecule has 1 heterocycles. The van der Waals surface area contributed by atoms with E-state index in [1.54, 1.807) is 0 Å². The van der Waals surface area contributed by atoms with E-state index in [9.17, 15) is 4.79 Å². The Balaban J connectivity index is 2.31. The first-order valence-electron chi connectivity index (χ1n) is 3.35. The van der Waals surface area contributed by atoms with Crippen LogP contribution in [0.25, 0.3) is 0 Å². The Morgan fingerprint density at radius 3 is 3.00 bits per heavy atom. The molecule has 0 aliphatic carbocycles. The van der Waals surface area contributed by atoms with Gasteiger partial charge in [0, 0.05) is 0 Å². The van der Waals surface area contributed by atoms with Gasteiger partial charge in [-0.05, 0) is 12.8 Å². The second-order valence-corrected chi connectivity index (χ2v) is 2.22. The molecule has 4 nitrogen and oxygen atoms in total. The fraction of sp³-hybridized carbons (Fsp3) is 0.833. The van der Waals surface area contributed by atoms with E-state index in [0.29, 0.717) is 6.61 Å². The molecule has 0 aromatic rings. The first-order valence-corrected chi connectivity index (χ1v) is 3.35. The molecule has 0 aromatic heterocycles. The molecule has 1 aliphatic rings. The molecule has 2 N–H and O–H groups in total. The molecule has 4 heteroatoms. The van der Waals surface area contributed by atoms with Crippen LogP contribution in [0.1, 0.15) is 12.8 Å². The van der Waals surface area contributed by atoms with Crippen LogP contribution in [0, 0.1) is 0 Å². The average molecular weight is 145 g/mol. The third-order valence-corrected chi connectivity index (χ3v) is 1.44. The van der Waals surface area contributed by atoms with Gasteiger partial charge in [-0.15, -0.1) is 0 Å². The van der Waals surface area contributed by atoms with E-state index in [1.165, 1.54) is 0 Å². The minimum atomic E-state index is -0.418. The minimum absolute atomic E-state index is 0.0357. The van der Waals surface area contributed by atoms with Crippen molar-refractivity contribution in [3.63, 3.8) is 0 Å². The van der Waals surface area contributed by atoms with Crippen molar-refractivity contribution in [3.05, 3.63) is 0 Å². The number of carbonyl (C=O) groups is 1. The third kappa shape index (κ3) is 1.76. The highest BCUT2D eigenvalue weighted by molar-refractivity contribution is 5.84. The van der Waals surface area contributed by atoms with Crippen molar-refractivity contribution in [2.75, 3.05) is 13.2 Å². The molecule has 1 unspecified atom stereocenters. The molecule has 1 saturated heterocycles. The number of hydrogen-bond donors (Lipinski definition) is 1. The first-order chi connectivity index (χ1) is 4.84. The maximum absolute atomic E-state index is 10.8. The molecular formula is C6H11NO3. The molecule has 0 aromatic carbocycles. The van der Waals surface area contributed by atoms with E-state index < -0.39 is 6.10 Å². The molecule has 0 spiro atoms. The summed E-state index contributed by atoms with van der Waals surface area (Å²) in [5.41, 5.74) is 5.12. The number of hydrogen-bond acceptors (Lipinski definition) is 4. The van der Waals surface area contributed by atoms with Crippen LogP contribution in [0.3, 0.4) is 0 Å². The zero-order valence-electron chi connectivity index (χ0n) is 5.71. The van der Waals surface area contributed by atoms with Crippen molar-refractivity contribution < 1.29 is 14.6 Å². The topological polar surface area (TPSA) is 61.6 Å². The summed E-state index contributed by atoms with van der Waals surface area (Å²) in [4.78, 5) is 20.2. The second-order valence-electron chi connectivity index (χ2n) is 2.22. The van der Waals surface area contributed by atoms with Crippen molar-refractivity contribution in [1.29, 1.82) is 0 Å². The lowest BCUT2D eigenvalue weighted by atomic mass is 10.1. The van der Waals surface area contributed by atoms with Gasteiger partial charge in [0.2, 0.25) is 0 Å². The van der Waals surface area contributed by atoms with Gasteiger partial charge in [0.05, 0.1) is 13.2 Å². The molecule has 1 atom stereocenters. The fourth-order valence-electron chi connectivity index (χ4n) is 0.852. The number of carbonyl (C=O) groups excluding carboxylic acids is 1. The van der Waals surface area contributed by atoms with Crippen LogP contribution in [0.5, 0.6) is 0 Å². The first kappa shape index (κ1) is 7.65. The number of Topliss-reactive ketones (excluding diaryl/α,β-unsaturated/α-hetero) is 1. The molecule has 0 radical (unpaired) electrons. The molecule has 1 aliphatic heterocycles. The van der Waals surface area contributed by atoms with Crippen LogP contribution in [0.15, 0.2) is 0 Å². The fourth-order valence-corrected chi connectivity index (χ4v) is 0.852. The van der Waals surface area contributed by atoms with Crippen LogP contribution in [-0.4, -0.2) is 25.0 Å². The Labute approximate surface area is 59.2 Å². The predicted octanol–water partition coefficient (Wildman–Crippen LogP) is -0.375. The van der Waals surface area contributed by atoms with E-state index in [2.05, 4.69) is 4.89 Å². The quantitative estimate of drug-likeness (QED) is 0.538. The Kier molecular flexibility index (Phi) is 2.80. The Morgan fingerprint density at radius 1 is 1.70 bits per heavy atom. The largest absolute Gasteiger partial charge is 0.324 e. The van der Waals surface area contributed by atoms with Gasteiger partial charge in [0.1, 0.15) is 0 Å². The van der Waals surface area contributed by atoms with Crippen molar-refractivity contribution in [2.45, 2.75) is 18.9 Å². The summed E-state index contributed by atoms with van der Waals surface area (Å²) in [6.45, 7) is 0.613. The van der Waals surface area contributed by atoms with Crippen LogP contribution in [0.4, 0.5) is 0 Å². The van der Waals surface area contributed by atoms with Crippen molar-refractivity contribution in [3.8, 4) is 0 Å². The average Bonchev–Trinajstić information content (AvgIpc) is 2.05. The van der Waals surface area contributed by atoms with E-state index in [0.717, 1.165) is 12.8 Å². The summed E-state index contributed by atoms with van der Waals surface area (Å²) in [6, 6.07) is 0. The number of nitrogens with two attached hydrogens (primary N) is 1. The van der Waals surface area contributed by atoms with Gasteiger partial charge < -0.3 is 5.73 Å². The smallest absolute Gasteiger partial charge is 0.178 e. The third-order valence-electron chi connectivity index (χ3n) is 1.44. The second kappa shape index (κ2) is 3.65. The molecule has 1 rings (SSSR count). The molecular weight excluding hydrogens is 134 g/mol. The van der Waals surface area contributed by atoms with Crippen molar-refractivity contribution >= 4 is 5.78 Å². The molecule has 1 fully saturated rings. The highest BCUT2D eigenvalue weighted by atomic mass is 17.2. The summed E-state index contributed by atoms with van der Waals surface area (Å²) >= 11 is 0. The van der Waals surface area contributed by atoms with Gasteiger partial charge in [0.25, 0.3) is 0 Å². The van der Waals surface area contributed by atoms with E-state index in [-0.39, 0.29) is 12.3 Å². The van der Waals surface area contributed by atoms with Crippen LogP contribution >= 0.6 is 0 Å². The summed E-state index contributed by atoms with van der Waals surface area (Å²) in [6.07, 6.45) is 1.19. The highest BCUT2D eigenvalue weighted by Crippen LogP contribution is 2.10. The standard InChI is InChI=1S/C6H11NO3/c7-4-5(8)6-2-1-3-9-10-6/h6H,1-4,7H2. The Morgan fingerprint density at radius 2 is 2.50 bits per heavy atom. The maximum Gasteiger partial charge on any atom is 0.178 e. The van der Waals surface area contributed by atoms with Gasteiger partial charge in [-0.2, -0.15) is 0 Å². The summed E-state index contributed by atoms with van der Waals surface area (Å²) < 4.78 is 0. The highest BCUT2D eigenvalue weighted by Gasteiger charge is 2.21. The van der Waals surface area contributed by atoms with E-state index in [1.807, 2.05) is 0 Å². The van der Waals surface area contributed by atoms with Gasteiger partial charge in [-0.25, -0.2) is 9.78 Å². The van der Waals surface area contributed by atoms with Gasteiger partial charge in [0.15, 0.2) is 11.9 Å². The van der Waals surface area contributed by atoms with Gasteiger partial charge in [-0.1, -0.05) is 0 Å². The molecule has 10 heavy (non-hydrogen) atoms. The van der Waals surface area contributed by atoms with E-state index >= 15 is 0 Å². The number of ketones is 1. The lowest BCUT2D eigenvalue weighted by Gasteiger charge is -2.18. The van der Waals surface area contributed by atoms with Crippen LogP contribution < -0.4 is 5.73 Å². The minimum Gasteiger partial charge on any atom is -0.324 e.